The van der Waals surface area contributed by atoms with Gasteiger partial charge in [-0.15, -0.1) is 0 Å². The zero-order valence-corrected chi connectivity index (χ0v) is 9.66. The molecule has 1 heterocycles. The van der Waals surface area contributed by atoms with Gasteiger partial charge in [-0.05, 0) is 25.2 Å². The van der Waals surface area contributed by atoms with Crippen molar-refractivity contribution < 1.29 is 9.53 Å². The minimum absolute atomic E-state index is 0.00106. The van der Waals surface area contributed by atoms with E-state index in [0.717, 1.165) is 19.3 Å². The van der Waals surface area contributed by atoms with Crippen molar-refractivity contribution in [1.29, 1.82) is 0 Å². The van der Waals surface area contributed by atoms with Crippen LogP contribution in [-0.2, 0) is 9.53 Å². The van der Waals surface area contributed by atoms with Gasteiger partial charge in [-0.1, -0.05) is 13.8 Å². The van der Waals surface area contributed by atoms with Crippen LogP contribution in [0.25, 0.3) is 0 Å². The molecule has 4 nitrogen and oxygen atoms in total. The Hall–Kier alpha value is -0.610. The number of hydrogen-bond acceptors (Lipinski definition) is 3. The molecule has 1 aliphatic heterocycles. The Balaban J connectivity index is 2.38. The van der Waals surface area contributed by atoms with E-state index < -0.39 is 0 Å². The van der Waals surface area contributed by atoms with E-state index in [4.69, 9.17) is 10.5 Å². The fourth-order valence-electron chi connectivity index (χ4n) is 1.72. The molecule has 1 saturated heterocycles. The van der Waals surface area contributed by atoms with E-state index in [9.17, 15) is 4.79 Å². The molecule has 0 aromatic rings. The molecule has 0 bridgehead atoms. The summed E-state index contributed by atoms with van der Waals surface area (Å²) in [5.74, 6) is 0.362. The second-order valence-electron chi connectivity index (χ2n) is 4.45. The van der Waals surface area contributed by atoms with Gasteiger partial charge >= 0.3 is 0 Å². The molecule has 88 valence electrons. The van der Waals surface area contributed by atoms with Crippen LogP contribution < -0.4 is 11.1 Å². The van der Waals surface area contributed by atoms with Crippen molar-refractivity contribution in [1.82, 2.24) is 5.32 Å². The molecule has 1 amide bonds. The third-order valence-electron chi connectivity index (χ3n) is 2.86. The molecule has 4 heteroatoms. The SMILES string of the molecule is CC(C)C(CN)NC(=O)C1CCCCO1. The first kappa shape index (κ1) is 12.5. The van der Waals surface area contributed by atoms with E-state index in [0.29, 0.717) is 19.1 Å². The van der Waals surface area contributed by atoms with Crippen LogP contribution in [0, 0.1) is 5.92 Å². The highest BCUT2D eigenvalue weighted by Crippen LogP contribution is 2.13. The van der Waals surface area contributed by atoms with E-state index in [2.05, 4.69) is 19.2 Å². The number of ether oxygens (including phenoxy) is 1. The molecular formula is C11H22N2O2. The number of hydrogen-bond donors (Lipinski definition) is 2. The number of nitrogens with one attached hydrogen (secondary N) is 1. The molecule has 15 heavy (non-hydrogen) atoms. The van der Waals surface area contributed by atoms with Gasteiger partial charge in [0.15, 0.2) is 0 Å². The minimum atomic E-state index is -0.258. The number of amides is 1. The fourth-order valence-corrected chi connectivity index (χ4v) is 1.72. The van der Waals surface area contributed by atoms with Gasteiger partial charge in [0, 0.05) is 19.2 Å². The standard InChI is InChI=1S/C11H22N2O2/c1-8(2)9(7-12)13-11(14)10-5-3-4-6-15-10/h8-10H,3-7,12H2,1-2H3,(H,13,14). The first-order valence-electron chi connectivity index (χ1n) is 5.77. The highest BCUT2D eigenvalue weighted by atomic mass is 16.5. The average molecular weight is 214 g/mol. The van der Waals surface area contributed by atoms with Crippen molar-refractivity contribution in [3.63, 3.8) is 0 Å². The lowest BCUT2D eigenvalue weighted by atomic mass is 10.0. The maximum atomic E-state index is 11.8. The van der Waals surface area contributed by atoms with Crippen LogP contribution in [-0.4, -0.2) is 31.2 Å². The average Bonchev–Trinajstić information content (AvgIpc) is 2.26. The molecule has 0 aromatic heterocycles. The Labute approximate surface area is 91.5 Å². The Kier molecular flexibility index (Phi) is 5.05. The van der Waals surface area contributed by atoms with E-state index >= 15 is 0 Å². The van der Waals surface area contributed by atoms with Crippen LogP contribution in [0.15, 0.2) is 0 Å². The topological polar surface area (TPSA) is 64.3 Å². The van der Waals surface area contributed by atoms with Crippen molar-refractivity contribution in [3.05, 3.63) is 0 Å². The smallest absolute Gasteiger partial charge is 0.249 e. The number of carbonyl (C=O) groups excluding carboxylic acids is 1. The van der Waals surface area contributed by atoms with Gasteiger partial charge in [-0.3, -0.25) is 4.79 Å². The molecule has 1 aliphatic rings. The van der Waals surface area contributed by atoms with E-state index in [1.807, 2.05) is 0 Å². The predicted molar refractivity (Wildman–Crippen MR) is 59.4 cm³/mol. The van der Waals surface area contributed by atoms with Crippen LogP contribution >= 0.6 is 0 Å². The number of carbonyl (C=O) groups is 1. The number of nitrogens with two attached hydrogens (primary N) is 1. The molecule has 0 aromatic carbocycles. The Morgan fingerprint density at radius 3 is 2.73 bits per heavy atom. The predicted octanol–water partition coefficient (Wildman–Crippen LogP) is 0.655. The van der Waals surface area contributed by atoms with E-state index in [-0.39, 0.29) is 18.1 Å². The van der Waals surface area contributed by atoms with Gasteiger partial charge in [0.25, 0.3) is 0 Å². The number of rotatable bonds is 4. The molecule has 3 N–H and O–H groups in total. The summed E-state index contributed by atoms with van der Waals surface area (Å²) in [6.45, 7) is 5.29. The van der Waals surface area contributed by atoms with Gasteiger partial charge in [0.1, 0.15) is 6.10 Å². The van der Waals surface area contributed by atoms with Gasteiger partial charge < -0.3 is 15.8 Å². The zero-order chi connectivity index (χ0) is 11.3. The van der Waals surface area contributed by atoms with Crippen LogP contribution in [0.1, 0.15) is 33.1 Å². The van der Waals surface area contributed by atoms with Crippen molar-refractivity contribution in [2.24, 2.45) is 11.7 Å². The van der Waals surface area contributed by atoms with Crippen LogP contribution in [0.2, 0.25) is 0 Å². The van der Waals surface area contributed by atoms with Gasteiger partial charge in [-0.25, -0.2) is 0 Å². The first-order valence-corrected chi connectivity index (χ1v) is 5.77. The molecule has 0 spiro atoms. The quantitative estimate of drug-likeness (QED) is 0.722. The Bertz CT molecular complexity index is 201. The molecule has 0 radical (unpaired) electrons. The highest BCUT2D eigenvalue weighted by molar-refractivity contribution is 5.81. The summed E-state index contributed by atoms with van der Waals surface area (Å²) in [5, 5.41) is 2.95. The summed E-state index contributed by atoms with van der Waals surface area (Å²) in [6.07, 6.45) is 2.72. The second kappa shape index (κ2) is 6.08. The largest absolute Gasteiger partial charge is 0.368 e. The molecule has 2 atom stereocenters. The lowest BCUT2D eigenvalue weighted by Crippen LogP contribution is -2.48. The lowest BCUT2D eigenvalue weighted by molar-refractivity contribution is -0.136. The molecular weight excluding hydrogens is 192 g/mol. The summed E-state index contributed by atoms with van der Waals surface area (Å²) in [5.41, 5.74) is 5.60. The maximum Gasteiger partial charge on any atom is 0.249 e. The van der Waals surface area contributed by atoms with Crippen LogP contribution in [0.3, 0.4) is 0 Å². The molecule has 0 saturated carbocycles. The summed E-state index contributed by atoms with van der Waals surface area (Å²) in [4.78, 5) is 11.8. The lowest BCUT2D eigenvalue weighted by Gasteiger charge is -2.26. The monoisotopic (exact) mass is 214 g/mol. The minimum Gasteiger partial charge on any atom is -0.368 e. The fraction of sp³-hybridized carbons (Fsp3) is 0.909. The summed E-state index contributed by atoms with van der Waals surface area (Å²) in [6, 6.07) is 0.0584. The summed E-state index contributed by atoms with van der Waals surface area (Å²) < 4.78 is 5.41. The van der Waals surface area contributed by atoms with E-state index in [1.54, 1.807) is 0 Å². The summed E-state index contributed by atoms with van der Waals surface area (Å²) in [7, 11) is 0. The first-order chi connectivity index (χ1) is 7.15. The van der Waals surface area contributed by atoms with Crippen molar-refractivity contribution in [3.8, 4) is 0 Å². The maximum absolute atomic E-state index is 11.8. The van der Waals surface area contributed by atoms with Crippen molar-refractivity contribution in [2.75, 3.05) is 13.2 Å². The van der Waals surface area contributed by atoms with Crippen LogP contribution in [0.5, 0.6) is 0 Å². The Morgan fingerprint density at radius 1 is 1.53 bits per heavy atom. The van der Waals surface area contributed by atoms with Gasteiger partial charge in [-0.2, -0.15) is 0 Å². The van der Waals surface area contributed by atoms with Gasteiger partial charge in [0.2, 0.25) is 5.91 Å². The highest BCUT2D eigenvalue weighted by Gasteiger charge is 2.24. The van der Waals surface area contributed by atoms with Gasteiger partial charge in [0.05, 0.1) is 0 Å². The third-order valence-corrected chi connectivity index (χ3v) is 2.86. The third kappa shape index (κ3) is 3.80. The Morgan fingerprint density at radius 2 is 2.27 bits per heavy atom. The zero-order valence-electron chi connectivity index (χ0n) is 9.66. The van der Waals surface area contributed by atoms with Crippen molar-refractivity contribution in [2.45, 2.75) is 45.3 Å². The van der Waals surface area contributed by atoms with Crippen LogP contribution in [0.4, 0.5) is 0 Å². The molecule has 1 fully saturated rings. The molecule has 2 unspecified atom stereocenters. The van der Waals surface area contributed by atoms with E-state index in [1.165, 1.54) is 0 Å². The normalized spacial score (nSPS) is 23.9. The molecule has 1 rings (SSSR count). The summed E-state index contributed by atoms with van der Waals surface area (Å²) >= 11 is 0. The molecule has 0 aliphatic carbocycles. The second-order valence-corrected chi connectivity index (χ2v) is 4.45. The van der Waals surface area contributed by atoms with Crippen molar-refractivity contribution >= 4 is 5.91 Å².